The van der Waals surface area contributed by atoms with Crippen molar-refractivity contribution in [1.29, 1.82) is 5.26 Å². The Morgan fingerprint density at radius 3 is 2.70 bits per heavy atom. The van der Waals surface area contributed by atoms with Crippen LogP contribution in [0.4, 0.5) is 14.5 Å². The zero-order valence-corrected chi connectivity index (χ0v) is 12.2. The first kappa shape index (κ1) is 14.5. The Labute approximate surface area is 124 Å². The van der Waals surface area contributed by atoms with Gasteiger partial charge in [-0.1, -0.05) is 28.1 Å². The minimum atomic E-state index is -0.883. The Bertz CT molecular complexity index is 680. The van der Waals surface area contributed by atoms with Gasteiger partial charge in [0.2, 0.25) is 0 Å². The lowest BCUT2D eigenvalue weighted by atomic mass is 10.1. The standard InChI is InChI=1S/C15H11BrF2N2/c1-9(12-3-2-4-13(17)15(12)18)20-14-7-11(16)6-5-10(14)8-19/h2-7,9,20H,1H3. The Kier molecular flexibility index (Phi) is 4.35. The topological polar surface area (TPSA) is 35.8 Å². The van der Waals surface area contributed by atoms with Crippen LogP contribution in [0, 0.1) is 23.0 Å². The van der Waals surface area contributed by atoms with Crippen LogP contribution >= 0.6 is 15.9 Å². The lowest BCUT2D eigenvalue weighted by Crippen LogP contribution is -2.10. The molecule has 0 fully saturated rings. The van der Waals surface area contributed by atoms with E-state index in [0.29, 0.717) is 11.3 Å². The molecule has 0 heterocycles. The molecular formula is C15H11BrF2N2. The van der Waals surface area contributed by atoms with E-state index in [1.165, 1.54) is 12.1 Å². The predicted octanol–water partition coefficient (Wildman–Crippen LogP) is 4.77. The molecule has 2 nitrogen and oxygen atoms in total. The molecular weight excluding hydrogens is 326 g/mol. The first-order valence-electron chi connectivity index (χ1n) is 5.93. The molecule has 0 saturated heterocycles. The number of nitrogens with zero attached hydrogens (tertiary/aromatic N) is 1. The highest BCUT2D eigenvalue weighted by Crippen LogP contribution is 2.27. The third kappa shape index (κ3) is 2.97. The predicted molar refractivity (Wildman–Crippen MR) is 77.3 cm³/mol. The molecule has 1 unspecified atom stereocenters. The van der Waals surface area contributed by atoms with Gasteiger partial charge in [0.1, 0.15) is 6.07 Å². The van der Waals surface area contributed by atoms with Crippen molar-refractivity contribution in [1.82, 2.24) is 0 Å². The molecule has 0 bridgehead atoms. The zero-order chi connectivity index (χ0) is 14.7. The van der Waals surface area contributed by atoms with Crippen LogP contribution in [0.1, 0.15) is 24.1 Å². The van der Waals surface area contributed by atoms with Crippen molar-refractivity contribution >= 4 is 21.6 Å². The second-order valence-electron chi connectivity index (χ2n) is 4.31. The van der Waals surface area contributed by atoms with E-state index in [1.807, 2.05) is 0 Å². The number of anilines is 1. The van der Waals surface area contributed by atoms with Crippen LogP contribution in [-0.4, -0.2) is 0 Å². The van der Waals surface area contributed by atoms with E-state index in [-0.39, 0.29) is 5.56 Å². The highest BCUT2D eigenvalue weighted by atomic mass is 79.9. The Morgan fingerprint density at radius 1 is 1.25 bits per heavy atom. The summed E-state index contributed by atoms with van der Waals surface area (Å²) < 4.78 is 27.7. The number of hydrogen-bond acceptors (Lipinski definition) is 2. The van der Waals surface area contributed by atoms with Crippen molar-refractivity contribution in [2.45, 2.75) is 13.0 Å². The maximum atomic E-state index is 13.7. The third-order valence-corrected chi connectivity index (χ3v) is 3.42. The van der Waals surface area contributed by atoms with E-state index >= 15 is 0 Å². The second kappa shape index (κ2) is 6.02. The molecule has 0 amide bonds. The summed E-state index contributed by atoms with van der Waals surface area (Å²) in [6, 6.07) is 10.8. The first-order chi connectivity index (χ1) is 9.52. The van der Waals surface area contributed by atoms with Crippen molar-refractivity contribution in [3.63, 3.8) is 0 Å². The van der Waals surface area contributed by atoms with Crippen molar-refractivity contribution in [3.05, 3.63) is 63.6 Å². The number of nitriles is 1. The smallest absolute Gasteiger partial charge is 0.164 e. The lowest BCUT2D eigenvalue weighted by molar-refractivity contribution is 0.494. The van der Waals surface area contributed by atoms with Crippen LogP contribution in [0.25, 0.3) is 0 Å². The molecule has 5 heteroatoms. The minimum absolute atomic E-state index is 0.217. The summed E-state index contributed by atoms with van der Waals surface area (Å²) in [5, 5.41) is 12.1. The molecule has 1 atom stereocenters. The van der Waals surface area contributed by atoms with Gasteiger partial charge in [0.25, 0.3) is 0 Å². The molecule has 0 aliphatic carbocycles. The Hall–Kier alpha value is -1.93. The van der Waals surface area contributed by atoms with Crippen LogP contribution in [0.15, 0.2) is 40.9 Å². The molecule has 0 aromatic heterocycles. The van der Waals surface area contributed by atoms with Gasteiger partial charge in [-0.2, -0.15) is 5.26 Å². The molecule has 0 aliphatic rings. The van der Waals surface area contributed by atoms with Crippen LogP contribution in [0.3, 0.4) is 0 Å². The lowest BCUT2D eigenvalue weighted by Gasteiger charge is -2.17. The number of rotatable bonds is 3. The molecule has 0 saturated carbocycles. The minimum Gasteiger partial charge on any atom is -0.377 e. The third-order valence-electron chi connectivity index (χ3n) is 2.92. The van der Waals surface area contributed by atoms with E-state index in [9.17, 15) is 8.78 Å². The summed E-state index contributed by atoms with van der Waals surface area (Å²) in [5.74, 6) is -1.76. The molecule has 0 aliphatic heterocycles. The van der Waals surface area contributed by atoms with Gasteiger partial charge in [0, 0.05) is 10.0 Å². The number of nitrogens with one attached hydrogen (secondary N) is 1. The van der Waals surface area contributed by atoms with Gasteiger partial charge >= 0.3 is 0 Å². The largest absolute Gasteiger partial charge is 0.377 e. The van der Waals surface area contributed by atoms with Crippen molar-refractivity contribution in [2.24, 2.45) is 0 Å². The zero-order valence-electron chi connectivity index (χ0n) is 10.6. The summed E-state index contributed by atoms with van der Waals surface area (Å²) in [6.07, 6.45) is 0. The number of benzene rings is 2. The molecule has 2 aromatic carbocycles. The monoisotopic (exact) mass is 336 g/mol. The molecule has 0 spiro atoms. The van der Waals surface area contributed by atoms with E-state index in [2.05, 4.69) is 27.3 Å². The van der Waals surface area contributed by atoms with E-state index in [1.54, 1.807) is 25.1 Å². The van der Waals surface area contributed by atoms with Gasteiger partial charge in [-0.3, -0.25) is 0 Å². The summed E-state index contributed by atoms with van der Waals surface area (Å²) in [4.78, 5) is 0. The molecule has 2 aromatic rings. The van der Waals surface area contributed by atoms with Crippen LogP contribution in [0.2, 0.25) is 0 Å². The van der Waals surface area contributed by atoms with Gasteiger partial charge in [-0.15, -0.1) is 0 Å². The van der Waals surface area contributed by atoms with E-state index in [4.69, 9.17) is 5.26 Å². The van der Waals surface area contributed by atoms with Crippen molar-refractivity contribution in [3.8, 4) is 6.07 Å². The van der Waals surface area contributed by atoms with Gasteiger partial charge < -0.3 is 5.32 Å². The van der Waals surface area contributed by atoms with Gasteiger partial charge in [-0.05, 0) is 31.2 Å². The Morgan fingerprint density at radius 2 is 2.00 bits per heavy atom. The van der Waals surface area contributed by atoms with Gasteiger partial charge in [0.15, 0.2) is 11.6 Å². The second-order valence-corrected chi connectivity index (χ2v) is 5.23. The highest BCUT2D eigenvalue weighted by molar-refractivity contribution is 9.10. The summed E-state index contributed by atoms with van der Waals surface area (Å²) in [7, 11) is 0. The van der Waals surface area contributed by atoms with Gasteiger partial charge in [0.05, 0.1) is 17.3 Å². The van der Waals surface area contributed by atoms with Crippen LogP contribution in [0.5, 0.6) is 0 Å². The Balaban J connectivity index is 2.33. The summed E-state index contributed by atoms with van der Waals surface area (Å²) >= 11 is 3.31. The fraction of sp³-hybridized carbons (Fsp3) is 0.133. The number of hydrogen-bond donors (Lipinski definition) is 1. The van der Waals surface area contributed by atoms with Crippen molar-refractivity contribution < 1.29 is 8.78 Å². The first-order valence-corrected chi connectivity index (χ1v) is 6.72. The van der Waals surface area contributed by atoms with Crippen molar-refractivity contribution in [2.75, 3.05) is 5.32 Å². The summed E-state index contributed by atoms with van der Waals surface area (Å²) in [5.41, 5.74) is 1.23. The van der Waals surface area contributed by atoms with E-state index in [0.717, 1.165) is 10.5 Å². The maximum Gasteiger partial charge on any atom is 0.164 e. The normalized spacial score (nSPS) is 11.8. The summed E-state index contributed by atoms with van der Waals surface area (Å²) in [6.45, 7) is 1.71. The molecule has 2 rings (SSSR count). The van der Waals surface area contributed by atoms with E-state index < -0.39 is 17.7 Å². The molecule has 20 heavy (non-hydrogen) atoms. The quantitative estimate of drug-likeness (QED) is 0.876. The number of halogens is 3. The van der Waals surface area contributed by atoms with Crippen LogP contribution in [-0.2, 0) is 0 Å². The molecule has 1 N–H and O–H groups in total. The molecule has 102 valence electrons. The van der Waals surface area contributed by atoms with Gasteiger partial charge in [-0.25, -0.2) is 8.78 Å². The van der Waals surface area contributed by atoms with Crippen LogP contribution < -0.4 is 5.32 Å². The highest BCUT2D eigenvalue weighted by Gasteiger charge is 2.15. The average molecular weight is 337 g/mol. The fourth-order valence-electron chi connectivity index (χ4n) is 1.90. The fourth-order valence-corrected chi connectivity index (χ4v) is 2.26. The maximum absolute atomic E-state index is 13.7. The average Bonchev–Trinajstić information content (AvgIpc) is 2.42. The molecule has 0 radical (unpaired) electrons. The SMILES string of the molecule is CC(Nc1cc(Br)ccc1C#N)c1cccc(F)c1F.